The molecule has 288 valence electrons. The van der Waals surface area contributed by atoms with Crippen molar-refractivity contribution in [1.82, 2.24) is 0 Å². The van der Waals surface area contributed by atoms with Gasteiger partial charge < -0.3 is 23.4 Å². The molecule has 0 N–H and O–H groups in total. The molecule has 61 heavy (non-hydrogen) atoms. The molecule has 5 nitrogen and oxygen atoms in total. The number of nitrogens with zero attached hydrogens (tertiary/aromatic N) is 2. The second-order valence-electron chi connectivity index (χ2n) is 16.0. The number of anilines is 6. The van der Waals surface area contributed by atoms with E-state index in [-0.39, 0.29) is 12.0 Å². The molecule has 2 unspecified atom stereocenters. The lowest BCUT2D eigenvalue weighted by molar-refractivity contribution is 0.269. The molecule has 0 bridgehead atoms. The Bertz CT molecular complexity index is 3600. The first-order valence-electron chi connectivity index (χ1n) is 20.8. The van der Waals surface area contributed by atoms with Gasteiger partial charge in [0.05, 0.1) is 11.4 Å². The normalized spacial score (nSPS) is 15.5. The summed E-state index contributed by atoms with van der Waals surface area (Å²) in [6, 6.07) is 64.6. The zero-order valence-corrected chi connectivity index (χ0v) is 32.9. The molecular weight excluding hydrogens is 749 g/mol. The summed E-state index contributed by atoms with van der Waals surface area (Å²) in [7, 11) is 0. The van der Waals surface area contributed by atoms with Crippen LogP contribution in [0.4, 0.5) is 34.1 Å². The van der Waals surface area contributed by atoms with Crippen LogP contribution in [-0.4, -0.2) is 6.10 Å². The smallest absolute Gasteiger partial charge is 0.143 e. The fraction of sp³-hybridized carbons (Fsp3) is 0.0357. The molecule has 0 fully saturated rings. The van der Waals surface area contributed by atoms with Gasteiger partial charge >= 0.3 is 0 Å². The number of furan rings is 2. The molecule has 2 atom stereocenters. The quantitative estimate of drug-likeness (QED) is 0.168. The van der Waals surface area contributed by atoms with E-state index in [9.17, 15) is 0 Å². The highest BCUT2D eigenvalue weighted by molar-refractivity contribution is 6.25. The van der Waals surface area contributed by atoms with Crippen LogP contribution in [0.5, 0.6) is 5.75 Å². The fourth-order valence-electron chi connectivity index (χ4n) is 9.78. The van der Waals surface area contributed by atoms with Crippen LogP contribution in [0.25, 0.3) is 65.4 Å². The van der Waals surface area contributed by atoms with E-state index in [1.807, 2.05) is 12.1 Å². The summed E-state index contributed by atoms with van der Waals surface area (Å²) in [5.41, 5.74) is 11.0. The highest BCUT2D eigenvalue weighted by Gasteiger charge is 2.33. The predicted octanol–water partition coefficient (Wildman–Crippen LogP) is 15.7. The van der Waals surface area contributed by atoms with Gasteiger partial charge in [0, 0.05) is 77.3 Å². The summed E-state index contributed by atoms with van der Waals surface area (Å²) in [5, 5.41) is 8.57. The van der Waals surface area contributed by atoms with E-state index in [0.29, 0.717) is 0 Å². The van der Waals surface area contributed by atoms with Gasteiger partial charge in [-0.1, -0.05) is 121 Å². The lowest BCUT2D eigenvalue weighted by Gasteiger charge is -2.28. The third kappa shape index (κ3) is 5.20. The van der Waals surface area contributed by atoms with Crippen molar-refractivity contribution in [2.75, 3.05) is 9.80 Å². The van der Waals surface area contributed by atoms with Gasteiger partial charge in [-0.05, 0) is 84.9 Å². The molecule has 5 heteroatoms. The van der Waals surface area contributed by atoms with Crippen molar-refractivity contribution in [3.05, 3.63) is 212 Å². The monoisotopic (exact) mass is 784 g/mol. The van der Waals surface area contributed by atoms with Crippen LogP contribution in [-0.2, 0) is 0 Å². The number of benzene rings is 9. The zero-order chi connectivity index (χ0) is 40.0. The summed E-state index contributed by atoms with van der Waals surface area (Å²) in [5.74, 6) is 1.11. The van der Waals surface area contributed by atoms with E-state index in [2.05, 4.69) is 204 Å². The Morgan fingerprint density at radius 3 is 1.54 bits per heavy atom. The Morgan fingerprint density at radius 1 is 0.361 bits per heavy atom. The van der Waals surface area contributed by atoms with E-state index >= 15 is 0 Å². The maximum absolute atomic E-state index is 7.11. The maximum Gasteiger partial charge on any atom is 0.143 e. The topological polar surface area (TPSA) is 42.0 Å². The van der Waals surface area contributed by atoms with Crippen LogP contribution in [0.15, 0.2) is 215 Å². The van der Waals surface area contributed by atoms with Crippen molar-refractivity contribution >= 4 is 99.5 Å². The van der Waals surface area contributed by atoms with Crippen LogP contribution in [0.3, 0.4) is 0 Å². The highest BCUT2D eigenvalue weighted by Crippen LogP contribution is 2.50. The molecule has 11 aromatic rings. The van der Waals surface area contributed by atoms with Gasteiger partial charge in [0.2, 0.25) is 0 Å². The number of hydrogen-bond acceptors (Lipinski definition) is 5. The van der Waals surface area contributed by atoms with Crippen molar-refractivity contribution in [3.8, 4) is 5.75 Å². The Balaban J connectivity index is 1.08. The maximum atomic E-state index is 7.11. The predicted molar refractivity (Wildman–Crippen MR) is 251 cm³/mol. The second-order valence-corrected chi connectivity index (χ2v) is 16.0. The van der Waals surface area contributed by atoms with Crippen LogP contribution in [0.2, 0.25) is 0 Å². The average Bonchev–Trinajstić information content (AvgIpc) is 4.01. The van der Waals surface area contributed by atoms with Crippen molar-refractivity contribution in [2.45, 2.75) is 12.0 Å². The van der Waals surface area contributed by atoms with Gasteiger partial charge in [-0.15, -0.1) is 0 Å². The number of allylic oxidation sites excluding steroid dienone is 2. The molecule has 1 aliphatic carbocycles. The van der Waals surface area contributed by atoms with Crippen molar-refractivity contribution in [1.29, 1.82) is 0 Å². The molecule has 2 aromatic heterocycles. The van der Waals surface area contributed by atoms with E-state index in [0.717, 1.165) is 105 Å². The van der Waals surface area contributed by atoms with Gasteiger partial charge in [-0.25, -0.2) is 0 Å². The molecule has 0 saturated carbocycles. The fourth-order valence-corrected chi connectivity index (χ4v) is 9.78. The standard InChI is InChI=1S/C56H36N2O3/c1-3-15-35(16-4-1)57(37-27-29-53-45(31-37)41-21-11-13-25-51(41)59-53)49-33-47-48-34-50(40-20-8-10-24-44(40)56(48)61-55(47)43-23-9-7-19-39(43)49)58(36-17-5-2-6-18-36)38-28-30-54-46(32-38)42-22-12-14-26-52(42)60-54/h1-34,41,51H. The Hall–Kier alpha value is -8.02. The molecule has 2 aliphatic rings. The first-order valence-corrected chi connectivity index (χ1v) is 20.8. The third-order valence-electron chi connectivity index (χ3n) is 12.5. The summed E-state index contributed by atoms with van der Waals surface area (Å²) in [4.78, 5) is 4.76. The van der Waals surface area contributed by atoms with Crippen LogP contribution in [0.1, 0.15) is 11.5 Å². The number of ether oxygens (including phenoxy) is 1. The van der Waals surface area contributed by atoms with Gasteiger partial charge in [0.15, 0.2) is 0 Å². The lowest BCUT2D eigenvalue weighted by atomic mass is 9.91. The number of rotatable bonds is 6. The van der Waals surface area contributed by atoms with Gasteiger partial charge in [0.25, 0.3) is 0 Å². The second kappa shape index (κ2) is 13.2. The molecular formula is C56H36N2O3. The minimum atomic E-state index is 0.00955. The minimum absolute atomic E-state index is 0.00955. The average molecular weight is 785 g/mol. The van der Waals surface area contributed by atoms with E-state index < -0.39 is 0 Å². The van der Waals surface area contributed by atoms with Crippen molar-refractivity contribution in [2.24, 2.45) is 0 Å². The first kappa shape index (κ1) is 33.9. The Morgan fingerprint density at radius 2 is 0.885 bits per heavy atom. The van der Waals surface area contributed by atoms with Crippen molar-refractivity contribution < 1.29 is 13.6 Å². The SMILES string of the molecule is C1=CC2Oc3ccc(N(c4ccccc4)c4cc5c6cc(N(c7ccccc7)c7ccc8oc9ccccc9c8c7)c7ccccc7c6oc5c5ccccc45)cc3C2C=C1. The minimum Gasteiger partial charge on any atom is -0.485 e. The molecule has 0 amide bonds. The van der Waals surface area contributed by atoms with Gasteiger partial charge in [-0.3, -0.25) is 0 Å². The van der Waals surface area contributed by atoms with Gasteiger partial charge in [0.1, 0.15) is 34.2 Å². The molecule has 1 aliphatic heterocycles. The third-order valence-corrected chi connectivity index (χ3v) is 12.5. The molecule has 9 aromatic carbocycles. The number of hydrogen-bond donors (Lipinski definition) is 0. The van der Waals surface area contributed by atoms with Gasteiger partial charge in [-0.2, -0.15) is 0 Å². The molecule has 0 radical (unpaired) electrons. The van der Waals surface area contributed by atoms with E-state index in [4.69, 9.17) is 13.6 Å². The molecule has 3 heterocycles. The highest BCUT2D eigenvalue weighted by atomic mass is 16.5. The zero-order valence-electron chi connectivity index (χ0n) is 32.9. The first-order chi connectivity index (χ1) is 30.2. The van der Waals surface area contributed by atoms with E-state index in [1.165, 1.54) is 5.56 Å². The molecule has 13 rings (SSSR count). The van der Waals surface area contributed by atoms with Crippen molar-refractivity contribution in [3.63, 3.8) is 0 Å². The molecule has 0 spiro atoms. The summed E-state index contributed by atoms with van der Waals surface area (Å²) in [6.07, 6.45) is 8.62. The number of para-hydroxylation sites is 3. The Labute approximate surface area is 351 Å². The summed E-state index contributed by atoms with van der Waals surface area (Å²) in [6.45, 7) is 0. The van der Waals surface area contributed by atoms with Crippen LogP contribution in [0, 0.1) is 0 Å². The Kier molecular flexibility index (Phi) is 7.36. The largest absolute Gasteiger partial charge is 0.485 e. The summed E-state index contributed by atoms with van der Waals surface area (Å²) < 4.78 is 19.8. The summed E-state index contributed by atoms with van der Waals surface area (Å²) >= 11 is 0. The lowest BCUT2D eigenvalue weighted by Crippen LogP contribution is -2.15. The number of fused-ring (bicyclic) bond motifs is 13. The molecule has 0 saturated heterocycles. The van der Waals surface area contributed by atoms with Crippen LogP contribution >= 0.6 is 0 Å². The van der Waals surface area contributed by atoms with Crippen LogP contribution < -0.4 is 14.5 Å². The van der Waals surface area contributed by atoms with E-state index in [1.54, 1.807) is 0 Å².